The molecular formula is C48H54F6O4. The van der Waals surface area contributed by atoms with Gasteiger partial charge in [-0.25, -0.2) is 4.39 Å². The van der Waals surface area contributed by atoms with Crippen LogP contribution in [0.3, 0.4) is 0 Å². The van der Waals surface area contributed by atoms with Crippen LogP contribution in [-0.2, 0) is 17.6 Å². The van der Waals surface area contributed by atoms with Gasteiger partial charge in [-0.1, -0.05) is 105 Å². The number of rotatable bonds is 19. The van der Waals surface area contributed by atoms with Crippen molar-refractivity contribution in [1.82, 2.24) is 0 Å². The molecule has 5 rings (SSSR count). The highest BCUT2D eigenvalue weighted by Gasteiger charge is 2.56. The van der Waals surface area contributed by atoms with Gasteiger partial charge >= 0.3 is 18.1 Å². The van der Waals surface area contributed by atoms with Gasteiger partial charge in [0, 0.05) is 18.1 Å². The standard InChI is InChI=1S/C33H38F6O4.C15H16/c34-30-21-25(41)15-18-29(30)28-16-13-23-20-24(40)14-17-26(23)27(28)12-8-6-4-2-1-3-5-7-10-22(31(42)43)11-9-19-32(35,36)33(37,38)39;1-4-5-14-12(3)7-8-13-10-11(2)6-9-15(13)14/h13-18,20-22,40-41H,1-12,19H2,(H,42,43);4,6-10H,1,5H2,2-3H3. The van der Waals surface area contributed by atoms with Crippen molar-refractivity contribution in [2.24, 2.45) is 5.92 Å². The number of aliphatic carboxylic acids is 1. The average molecular weight is 809 g/mol. The van der Waals surface area contributed by atoms with E-state index in [1.165, 1.54) is 33.5 Å². The Morgan fingerprint density at radius 1 is 0.672 bits per heavy atom. The zero-order chi connectivity index (χ0) is 42.5. The summed E-state index contributed by atoms with van der Waals surface area (Å²) in [5.74, 6) is -7.43. The minimum Gasteiger partial charge on any atom is -0.508 e. The van der Waals surface area contributed by atoms with Gasteiger partial charge < -0.3 is 15.3 Å². The van der Waals surface area contributed by atoms with Crippen molar-refractivity contribution in [3.8, 4) is 22.6 Å². The third kappa shape index (κ3) is 12.8. The van der Waals surface area contributed by atoms with Crippen molar-refractivity contribution in [2.75, 3.05) is 0 Å². The van der Waals surface area contributed by atoms with Crippen molar-refractivity contribution in [2.45, 2.75) is 116 Å². The number of halogens is 6. The van der Waals surface area contributed by atoms with E-state index in [2.05, 4.69) is 50.8 Å². The average Bonchev–Trinajstić information content (AvgIpc) is 3.15. The maximum atomic E-state index is 14.7. The van der Waals surface area contributed by atoms with Crippen molar-refractivity contribution >= 4 is 27.5 Å². The Kier molecular flexibility index (Phi) is 16.7. The van der Waals surface area contributed by atoms with Gasteiger partial charge in [-0.05, 0) is 120 Å². The van der Waals surface area contributed by atoms with Crippen LogP contribution in [0.1, 0.15) is 99.3 Å². The number of phenols is 2. The third-order valence-corrected chi connectivity index (χ3v) is 10.8. The number of benzene rings is 5. The number of carbonyl (C=O) groups is 1. The topological polar surface area (TPSA) is 77.8 Å². The summed E-state index contributed by atoms with van der Waals surface area (Å²) in [6.07, 6.45) is 3.01. The van der Waals surface area contributed by atoms with Crippen LogP contribution in [0.2, 0.25) is 0 Å². The SMILES string of the molecule is C=CCc1c(C)ccc2cc(C)ccc12.O=C(O)C(CCCCCCCCCCc1c(-c2ccc(O)cc2F)ccc2cc(O)ccc12)CCCC(F)(F)C(F)(F)F. The first-order valence-electron chi connectivity index (χ1n) is 20.0. The highest BCUT2D eigenvalue weighted by Crippen LogP contribution is 2.40. The molecule has 1 unspecified atom stereocenters. The zero-order valence-corrected chi connectivity index (χ0v) is 33.3. The van der Waals surface area contributed by atoms with Crippen LogP contribution in [0.4, 0.5) is 26.3 Å². The molecule has 3 N–H and O–H groups in total. The number of hydrogen-bond acceptors (Lipinski definition) is 3. The molecule has 0 saturated heterocycles. The molecule has 58 heavy (non-hydrogen) atoms. The monoisotopic (exact) mass is 808 g/mol. The van der Waals surface area contributed by atoms with Gasteiger partial charge in [0.2, 0.25) is 0 Å². The Morgan fingerprint density at radius 2 is 1.22 bits per heavy atom. The largest absolute Gasteiger partial charge is 0.508 e. The zero-order valence-electron chi connectivity index (χ0n) is 33.3. The van der Waals surface area contributed by atoms with E-state index in [4.69, 9.17) is 0 Å². The van der Waals surface area contributed by atoms with Crippen LogP contribution in [0, 0.1) is 25.6 Å². The minimum absolute atomic E-state index is 0.145. The maximum absolute atomic E-state index is 14.7. The van der Waals surface area contributed by atoms with Gasteiger partial charge in [0.25, 0.3) is 0 Å². The molecule has 0 aromatic heterocycles. The minimum atomic E-state index is -5.62. The molecular weight excluding hydrogens is 755 g/mol. The van der Waals surface area contributed by atoms with Crippen LogP contribution >= 0.6 is 0 Å². The molecule has 0 radical (unpaired) electrons. The van der Waals surface area contributed by atoms with Crippen LogP contribution in [0.5, 0.6) is 11.5 Å². The third-order valence-electron chi connectivity index (χ3n) is 10.8. The predicted octanol–water partition coefficient (Wildman–Crippen LogP) is 14.4. The molecule has 0 aliphatic carbocycles. The summed E-state index contributed by atoms with van der Waals surface area (Å²) in [5, 5.41) is 33.3. The van der Waals surface area contributed by atoms with E-state index in [1.807, 2.05) is 24.3 Å². The summed E-state index contributed by atoms with van der Waals surface area (Å²) in [7, 11) is 0. The molecule has 0 amide bonds. The number of allylic oxidation sites excluding steroid dienone is 1. The van der Waals surface area contributed by atoms with Crippen LogP contribution < -0.4 is 0 Å². The van der Waals surface area contributed by atoms with Gasteiger partial charge in [-0.2, -0.15) is 22.0 Å². The number of carboxylic acids is 1. The molecule has 5 aromatic carbocycles. The molecule has 1 atom stereocenters. The first kappa shape index (κ1) is 45.7. The number of fused-ring (bicyclic) bond motifs is 2. The fourth-order valence-corrected chi connectivity index (χ4v) is 7.52. The highest BCUT2D eigenvalue weighted by molar-refractivity contribution is 5.93. The normalized spacial score (nSPS) is 12.3. The van der Waals surface area contributed by atoms with E-state index in [-0.39, 0.29) is 24.3 Å². The Hall–Kier alpha value is -4.99. The lowest BCUT2D eigenvalue weighted by Gasteiger charge is -2.20. The fourth-order valence-electron chi connectivity index (χ4n) is 7.52. The summed E-state index contributed by atoms with van der Waals surface area (Å²) in [4.78, 5) is 11.4. The number of aromatic hydroxyl groups is 2. The van der Waals surface area contributed by atoms with Crippen molar-refractivity contribution < 1.29 is 46.5 Å². The molecule has 5 aromatic rings. The van der Waals surface area contributed by atoms with Crippen LogP contribution in [0.15, 0.2) is 91.5 Å². The molecule has 0 aliphatic heterocycles. The number of carboxylic acid groups (broad SMARTS) is 1. The first-order valence-corrected chi connectivity index (χ1v) is 20.0. The Morgan fingerprint density at radius 3 is 1.88 bits per heavy atom. The van der Waals surface area contributed by atoms with Crippen LogP contribution in [0.25, 0.3) is 32.7 Å². The molecule has 0 spiro atoms. The first-order chi connectivity index (χ1) is 27.5. The van der Waals surface area contributed by atoms with Gasteiger partial charge in [-0.3, -0.25) is 4.79 Å². The van der Waals surface area contributed by atoms with Crippen molar-refractivity contribution in [3.63, 3.8) is 0 Å². The van der Waals surface area contributed by atoms with Gasteiger partial charge in [0.1, 0.15) is 17.3 Å². The molecule has 0 aliphatic rings. The van der Waals surface area contributed by atoms with E-state index in [1.54, 1.807) is 18.2 Å². The van der Waals surface area contributed by atoms with Gasteiger partial charge in [-0.15, -0.1) is 6.58 Å². The van der Waals surface area contributed by atoms with Gasteiger partial charge in [0.05, 0.1) is 5.92 Å². The second-order valence-corrected chi connectivity index (χ2v) is 15.2. The Bertz CT molecular complexity index is 2140. The number of phenolic OH excluding ortho intramolecular Hbond substituents is 2. The summed E-state index contributed by atoms with van der Waals surface area (Å²) in [5.41, 5.74) is 6.18. The van der Waals surface area contributed by atoms with Crippen LogP contribution in [-0.4, -0.2) is 33.4 Å². The molecule has 0 saturated carbocycles. The van der Waals surface area contributed by atoms with E-state index >= 15 is 0 Å². The smallest absolute Gasteiger partial charge is 0.453 e. The number of aryl methyl sites for hydroxylation is 3. The second-order valence-electron chi connectivity index (χ2n) is 15.2. The fraction of sp³-hybridized carbons (Fsp3) is 0.396. The predicted molar refractivity (Wildman–Crippen MR) is 221 cm³/mol. The summed E-state index contributed by atoms with van der Waals surface area (Å²) in [6, 6.07) is 23.9. The lowest BCUT2D eigenvalue weighted by molar-refractivity contribution is -0.284. The lowest BCUT2D eigenvalue weighted by Crippen LogP contribution is -2.36. The molecule has 312 valence electrons. The van der Waals surface area contributed by atoms with E-state index in [0.29, 0.717) is 18.4 Å². The number of unbranched alkanes of at least 4 members (excludes halogenated alkanes) is 7. The highest BCUT2D eigenvalue weighted by atomic mass is 19.4. The van der Waals surface area contributed by atoms with E-state index in [0.717, 1.165) is 79.3 Å². The maximum Gasteiger partial charge on any atom is 0.453 e. The molecule has 4 nitrogen and oxygen atoms in total. The van der Waals surface area contributed by atoms with E-state index < -0.39 is 42.6 Å². The quantitative estimate of drug-likeness (QED) is 0.0441. The Labute approximate surface area is 337 Å². The Balaban J connectivity index is 0.000000411. The lowest BCUT2D eigenvalue weighted by atomic mass is 9.90. The number of alkyl halides is 5. The molecule has 0 bridgehead atoms. The van der Waals surface area contributed by atoms with Crippen molar-refractivity contribution in [1.29, 1.82) is 0 Å². The summed E-state index contributed by atoms with van der Waals surface area (Å²) < 4.78 is 77.7. The van der Waals surface area contributed by atoms with Crippen molar-refractivity contribution in [3.05, 3.63) is 120 Å². The van der Waals surface area contributed by atoms with Gasteiger partial charge in [0.15, 0.2) is 0 Å². The molecule has 0 heterocycles. The van der Waals surface area contributed by atoms with E-state index in [9.17, 15) is 46.5 Å². The number of hydrogen-bond donors (Lipinski definition) is 3. The molecule has 0 fully saturated rings. The molecule has 10 heteroatoms. The second kappa shape index (κ2) is 21.1. The summed E-state index contributed by atoms with van der Waals surface area (Å²) in [6.45, 7) is 8.12. The summed E-state index contributed by atoms with van der Waals surface area (Å²) >= 11 is 0.